The van der Waals surface area contributed by atoms with Gasteiger partial charge >= 0.3 is 0 Å². The molecular formula is C16H20BrN3O. The van der Waals surface area contributed by atoms with E-state index in [1.807, 2.05) is 38.1 Å². The van der Waals surface area contributed by atoms with Crippen molar-refractivity contribution in [1.82, 2.24) is 9.97 Å². The fourth-order valence-corrected chi connectivity index (χ4v) is 2.94. The summed E-state index contributed by atoms with van der Waals surface area (Å²) in [6.45, 7) is 6.97. The Morgan fingerprint density at radius 2 is 1.81 bits per heavy atom. The largest absolute Gasteiger partial charge is 0.396 e. The maximum atomic E-state index is 9.03. The lowest BCUT2D eigenvalue weighted by Crippen LogP contribution is -2.20. The Bertz CT molecular complexity index is 611. The van der Waals surface area contributed by atoms with Crippen LogP contribution >= 0.6 is 15.9 Å². The summed E-state index contributed by atoms with van der Waals surface area (Å²) in [4.78, 5) is 11.1. The van der Waals surface area contributed by atoms with Crippen molar-refractivity contribution in [2.24, 2.45) is 0 Å². The lowest BCUT2D eigenvalue weighted by Gasteiger charge is -2.23. The molecule has 112 valence electrons. The predicted molar refractivity (Wildman–Crippen MR) is 89.1 cm³/mol. The molecule has 1 N–H and O–H groups in total. The summed E-state index contributed by atoms with van der Waals surface area (Å²) >= 11 is 3.61. The first kappa shape index (κ1) is 15.9. The molecule has 2 rings (SSSR count). The second kappa shape index (κ2) is 7.00. The molecule has 1 aromatic carbocycles. The average Bonchev–Trinajstić information content (AvgIpc) is 2.41. The highest BCUT2D eigenvalue weighted by Crippen LogP contribution is 2.31. The zero-order chi connectivity index (χ0) is 15.4. The molecule has 0 spiro atoms. The number of aliphatic hydroxyl groups excluding tert-OH is 1. The Kier molecular flexibility index (Phi) is 5.31. The van der Waals surface area contributed by atoms with Crippen LogP contribution in [0, 0.1) is 13.8 Å². The van der Waals surface area contributed by atoms with Crippen molar-refractivity contribution in [3.05, 3.63) is 45.7 Å². The Morgan fingerprint density at radius 1 is 1.14 bits per heavy atom. The minimum Gasteiger partial charge on any atom is -0.396 e. The van der Waals surface area contributed by atoms with Crippen LogP contribution in [0.2, 0.25) is 0 Å². The van der Waals surface area contributed by atoms with Crippen molar-refractivity contribution < 1.29 is 5.11 Å². The molecular weight excluding hydrogens is 330 g/mol. The standard InChI is InChI=1S/C16H20BrN3O/c1-4-20(16-18-11(2)9-12(3)19-16)15-6-5-13(7-8-21)10-14(15)17/h5-6,9-10,21H,4,7-8H2,1-3H3. The summed E-state index contributed by atoms with van der Waals surface area (Å²) in [5.41, 5.74) is 4.06. The lowest BCUT2D eigenvalue weighted by molar-refractivity contribution is 0.299. The first-order valence-electron chi connectivity index (χ1n) is 7.04. The van der Waals surface area contributed by atoms with Gasteiger partial charge in [-0.15, -0.1) is 0 Å². The van der Waals surface area contributed by atoms with Crippen LogP contribution < -0.4 is 4.90 Å². The highest BCUT2D eigenvalue weighted by atomic mass is 79.9. The number of hydrogen-bond donors (Lipinski definition) is 1. The smallest absolute Gasteiger partial charge is 0.230 e. The number of nitrogens with zero attached hydrogens (tertiary/aromatic N) is 3. The fourth-order valence-electron chi connectivity index (χ4n) is 2.30. The zero-order valence-corrected chi connectivity index (χ0v) is 14.2. The summed E-state index contributed by atoms with van der Waals surface area (Å²) in [6, 6.07) is 8.08. The van der Waals surface area contributed by atoms with E-state index in [2.05, 4.69) is 37.7 Å². The molecule has 0 unspecified atom stereocenters. The van der Waals surface area contributed by atoms with Gasteiger partial charge in [-0.2, -0.15) is 0 Å². The van der Waals surface area contributed by atoms with E-state index in [1.54, 1.807) is 0 Å². The van der Waals surface area contributed by atoms with Crippen LogP contribution in [0.4, 0.5) is 11.6 Å². The molecule has 0 atom stereocenters. The van der Waals surface area contributed by atoms with Crippen LogP contribution in [-0.2, 0) is 6.42 Å². The van der Waals surface area contributed by atoms with Gasteiger partial charge < -0.3 is 10.0 Å². The Hall–Kier alpha value is -1.46. The van der Waals surface area contributed by atoms with Gasteiger partial charge in [-0.25, -0.2) is 9.97 Å². The normalized spacial score (nSPS) is 10.7. The Balaban J connectivity index is 2.41. The molecule has 4 nitrogen and oxygen atoms in total. The van der Waals surface area contributed by atoms with Crippen molar-refractivity contribution in [2.45, 2.75) is 27.2 Å². The van der Waals surface area contributed by atoms with Gasteiger partial charge in [0.15, 0.2) is 0 Å². The van der Waals surface area contributed by atoms with E-state index in [4.69, 9.17) is 5.11 Å². The molecule has 0 saturated heterocycles. The van der Waals surface area contributed by atoms with Gasteiger partial charge in [0.05, 0.1) is 5.69 Å². The number of benzene rings is 1. The molecule has 0 fully saturated rings. The number of hydrogen-bond acceptors (Lipinski definition) is 4. The number of anilines is 2. The van der Waals surface area contributed by atoms with Crippen molar-refractivity contribution in [3.8, 4) is 0 Å². The molecule has 1 heterocycles. The molecule has 0 radical (unpaired) electrons. The highest BCUT2D eigenvalue weighted by molar-refractivity contribution is 9.10. The molecule has 0 aliphatic carbocycles. The maximum absolute atomic E-state index is 9.03. The number of aliphatic hydroxyl groups is 1. The van der Waals surface area contributed by atoms with Crippen LogP contribution in [0.3, 0.4) is 0 Å². The molecule has 0 bridgehead atoms. The van der Waals surface area contributed by atoms with Crippen LogP contribution in [0.25, 0.3) is 0 Å². The van der Waals surface area contributed by atoms with Gasteiger partial charge in [0.1, 0.15) is 0 Å². The van der Waals surface area contributed by atoms with Gasteiger partial charge in [-0.3, -0.25) is 0 Å². The minimum atomic E-state index is 0.156. The van der Waals surface area contributed by atoms with E-state index in [9.17, 15) is 0 Å². The van der Waals surface area contributed by atoms with Gasteiger partial charge in [0.2, 0.25) is 5.95 Å². The molecule has 0 amide bonds. The summed E-state index contributed by atoms with van der Waals surface area (Å²) in [5, 5.41) is 9.03. The van der Waals surface area contributed by atoms with E-state index in [0.717, 1.165) is 33.7 Å². The van der Waals surface area contributed by atoms with Crippen LogP contribution in [0.1, 0.15) is 23.9 Å². The number of rotatable bonds is 5. The minimum absolute atomic E-state index is 0.156. The van der Waals surface area contributed by atoms with Crippen LogP contribution in [-0.4, -0.2) is 28.2 Å². The van der Waals surface area contributed by atoms with Crippen molar-refractivity contribution >= 4 is 27.6 Å². The maximum Gasteiger partial charge on any atom is 0.230 e. The Morgan fingerprint density at radius 3 is 2.33 bits per heavy atom. The number of halogens is 1. The van der Waals surface area contributed by atoms with Crippen molar-refractivity contribution in [2.75, 3.05) is 18.1 Å². The Labute approximate surface area is 134 Å². The van der Waals surface area contributed by atoms with Gasteiger partial charge in [0.25, 0.3) is 0 Å². The zero-order valence-electron chi connectivity index (χ0n) is 12.6. The number of aromatic nitrogens is 2. The molecule has 1 aromatic heterocycles. The molecule has 2 aromatic rings. The summed E-state index contributed by atoms with van der Waals surface area (Å²) in [6.07, 6.45) is 0.658. The SMILES string of the molecule is CCN(c1nc(C)cc(C)n1)c1ccc(CCO)cc1Br. The molecule has 21 heavy (non-hydrogen) atoms. The van der Waals surface area contributed by atoms with Crippen LogP contribution in [0.5, 0.6) is 0 Å². The summed E-state index contributed by atoms with van der Waals surface area (Å²) in [5.74, 6) is 0.714. The van der Waals surface area contributed by atoms with Crippen molar-refractivity contribution in [1.29, 1.82) is 0 Å². The van der Waals surface area contributed by atoms with Crippen molar-refractivity contribution in [3.63, 3.8) is 0 Å². The second-order valence-corrected chi connectivity index (χ2v) is 5.81. The van der Waals surface area contributed by atoms with Gasteiger partial charge in [-0.1, -0.05) is 6.07 Å². The van der Waals surface area contributed by atoms with Gasteiger partial charge in [0, 0.05) is 29.0 Å². The third-order valence-electron chi connectivity index (χ3n) is 3.23. The molecule has 0 saturated carbocycles. The third kappa shape index (κ3) is 3.80. The summed E-state index contributed by atoms with van der Waals surface area (Å²) in [7, 11) is 0. The van der Waals surface area contributed by atoms with E-state index < -0.39 is 0 Å². The van der Waals surface area contributed by atoms with E-state index in [1.165, 1.54) is 0 Å². The number of aryl methyl sites for hydroxylation is 2. The topological polar surface area (TPSA) is 49.2 Å². The van der Waals surface area contributed by atoms with Gasteiger partial charge in [-0.05, 0) is 66.9 Å². The highest BCUT2D eigenvalue weighted by Gasteiger charge is 2.14. The van der Waals surface area contributed by atoms with E-state index in [0.29, 0.717) is 12.4 Å². The van der Waals surface area contributed by atoms with E-state index >= 15 is 0 Å². The average molecular weight is 350 g/mol. The quantitative estimate of drug-likeness (QED) is 0.896. The second-order valence-electron chi connectivity index (χ2n) is 4.95. The summed E-state index contributed by atoms with van der Waals surface area (Å²) < 4.78 is 0.984. The molecule has 0 aliphatic heterocycles. The first-order chi connectivity index (χ1) is 10.0. The first-order valence-corrected chi connectivity index (χ1v) is 7.83. The van der Waals surface area contributed by atoms with E-state index in [-0.39, 0.29) is 6.61 Å². The van der Waals surface area contributed by atoms with Crippen LogP contribution in [0.15, 0.2) is 28.7 Å². The fraction of sp³-hybridized carbons (Fsp3) is 0.375. The monoisotopic (exact) mass is 349 g/mol. The predicted octanol–water partition coefficient (Wildman–Crippen LogP) is 3.55. The lowest BCUT2D eigenvalue weighted by atomic mass is 10.1. The molecule has 5 heteroatoms. The molecule has 0 aliphatic rings. The third-order valence-corrected chi connectivity index (χ3v) is 3.87.